The predicted molar refractivity (Wildman–Crippen MR) is 98.7 cm³/mol. The highest BCUT2D eigenvalue weighted by molar-refractivity contribution is 5.67. The minimum absolute atomic E-state index is 0.124. The van der Waals surface area contributed by atoms with Crippen LogP contribution in [-0.2, 0) is 4.74 Å². The number of ether oxygens (including phenoxy) is 2. The van der Waals surface area contributed by atoms with E-state index in [1.54, 1.807) is 0 Å². The minimum atomic E-state index is 0.124. The molecule has 1 unspecified atom stereocenters. The molecule has 2 aliphatic heterocycles. The fourth-order valence-corrected chi connectivity index (χ4v) is 3.82. The second kappa shape index (κ2) is 7.62. The molecule has 24 heavy (non-hydrogen) atoms. The summed E-state index contributed by atoms with van der Waals surface area (Å²) in [5.41, 5.74) is 9.39. The molecule has 2 N–H and O–H groups in total. The number of benzene rings is 1. The first-order valence-corrected chi connectivity index (χ1v) is 9.21. The summed E-state index contributed by atoms with van der Waals surface area (Å²) < 4.78 is 11.5. The molecule has 2 fully saturated rings. The van der Waals surface area contributed by atoms with Crippen LogP contribution in [0.15, 0.2) is 12.1 Å². The van der Waals surface area contributed by atoms with Crippen molar-refractivity contribution in [2.24, 2.45) is 0 Å². The lowest BCUT2D eigenvalue weighted by atomic mass is 10.0. The van der Waals surface area contributed by atoms with Crippen molar-refractivity contribution in [1.29, 1.82) is 0 Å². The number of morpholine rings is 1. The van der Waals surface area contributed by atoms with Crippen LogP contribution in [0.1, 0.15) is 38.7 Å². The molecule has 3 rings (SSSR count). The van der Waals surface area contributed by atoms with Gasteiger partial charge < -0.3 is 20.1 Å². The molecule has 0 aliphatic carbocycles. The Morgan fingerprint density at radius 3 is 2.62 bits per heavy atom. The molecule has 0 bridgehead atoms. The van der Waals surface area contributed by atoms with Gasteiger partial charge in [0, 0.05) is 31.4 Å². The number of aryl methyl sites for hydroxylation is 1. The van der Waals surface area contributed by atoms with E-state index in [1.165, 1.54) is 30.5 Å². The smallest absolute Gasteiger partial charge is 0.144 e. The van der Waals surface area contributed by atoms with Crippen molar-refractivity contribution in [2.45, 2.75) is 52.3 Å². The Morgan fingerprint density at radius 2 is 1.92 bits per heavy atom. The zero-order chi connectivity index (χ0) is 17.1. The van der Waals surface area contributed by atoms with E-state index in [2.05, 4.69) is 28.9 Å². The van der Waals surface area contributed by atoms with Gasteiger partial charge in [0.25, 0.3) is 0 Å². The molecule has 2 saturated heterocycles. The van der Waals surface area contributed by atoms with Crippen LogP contribution >= 0.6 is 0 Å². The third-order valence-electron chi connectivity index (χ3n) is 4.94. The van der Waals surface area contributed by atoms with Crippen molar-refractivity contribution < 1.29 is 9.47 Å². The normalized spacial score (nSPS) is 22.8. The van der Waals surface area contributed by atoms with E-state index in [9.17, 15) is 0 Å². The molecule has 5 nitrogen and oxygen atoms in total. The molecule has 0 saturated carbocycles. The van der Waals surface area contributed by atoms with Gasteiger partial charge in [0.1, 0.15) is 5.75 Å². The van der Waals surface area contributed by atoms with Crippen LogP contribution < -0.4 is 15.4 Å². The lowest BCUT2D eigenvalue weighted by Gasteiger charge is -2.45. The topological polar surface area (TPSA) is 51.0 Å². The summed E-state index contributed by atoms with van der Waals surface area (Å²) in [7, 11) is 0. The molecule has 1 aromatic rings. The summed E-state index contributed by atoms with van der Waals surface area (Å²) >= 11 is 0. The van der Waals surface area contributed by atoms with Gasteiger partial charge in [-0.25, -0.2) is 0 Å². The Labute approximate surface area is 145 Å². The summed E-state index contributed by atoms with van der Waals surface area (Å²) in [5.74, 6) is 0.803. The van der Waals surface area contributed by atoms with E-state index >= 15 is 0 Å². The second-order valence-electron chi connectivity index (χ2n) is 7.16. The van der Waals surface area contributed by atoms with Crippen LogP contribution in [0.4, 0.5) is 11.4 Å². The zero-order valence-corrected chi connectivity index (χ0v) is 15.3. The Kier molecular flexibility index (Phi) is 5.51. The summed E-state index contributed by atoms with van der Waals surface area (Å²) in [5, 5.41) is 0. The highest BCUT2D eigenvalue weighted by atomic mass is 16.5. The van der Waals surface area contributed by atoms with Gasteiger partial charge in [0.05, 0.1) is 31.2 Å². The van der Waals surface area contributed by atoms with E-state index in [4.69, 9.17) is 15.2 Å². The van der Waals surface area contributed by atoms with Crippen molar-refractivity contribution in [3.8, 4) is 5.75 Å². The average molecular weight is 333 g/mol. The summed E-state index contributed by atoms with van der Waals surface area (Å²) in [6.07, 6.45) is 4.33. The number of nitrogen functional groups attached to an aromatic ring is 1. The number of nitrogens with two attached hydrogens (primary N) is 1. The average Bonchev–Trinajstić information content (AvgIpc) is 2.58. The van der Waals surface area contributed by atoms with E-state index in [0.717, 1.165) is 44.3 Å². The Balaban J connectivity index is 1.89. The van der Waals surface area contributed by atoms with Crippen LogP contribution in [0.3, 0.4) is 0 Å². The third kappa shape index (κ3) is 3.78. The number of rotatable bonds is 4. The first-order chi connectivity index (χ1) is 11.6. The van der Waals surface area contributed by atoms with Gasteiger partial charge in [-0.05, 0) is 51.7 Å². The van der Waals surface area contributed by atoms with Crippen molar-refractivity contribution in [2.75, 3.05) is 43.5 Å². The molecule has 0 aromatic heterocycles. The number of anilines is 2. The minimum Gasteiger partial charge on any atom is -0.489 e. The molecule has 0 radical (unpaired) electrons. The fourth-order valence-electron chi connectivity index (χ4n) is 3.82. The Morgan fingerprint density at radius 1 is 1.17 bits per heavy atom. The number of piperidine rings is 1. The SMILES string of the molecule is Cc1cc(N)c(OC(C)C)cc1N1CCCCC1N1CCOCC1. The van der Waals surface area contributed by atoms with E-state index in [0.29, 0.717) is 6.17 Å². The molecule has 1 atom stereocenters. The van der Waals surface area contributed by atoms with Crippen molar-refractivity contribution in [3.05, 3.63) is 17.7 Å². The largest absolute Gasteiger partial charge is 0.489 e. The van der Waals surface area contributed by atoms with Crippen LogP contribution in [0.2, 0.25) is 0 Å². The van der Waals surface area contributed by atoms with Crippen LogP contribution in [0.5, 0.6) is 5.75 Å². The predicted octanol–water partition coefficient (Wildman–Crippen LogP) is 3.01. The molecule has 2 heterocycles. The number of hydrogen-bond acceptors (Lipinski definition) is 5. The maximum Gasteiger partial charge on any atom is 0.144 e. The van der Waals surface area contributed by atoms with E-state index in [-0.39, 0.29) is 6.10 Å². The highest BCUT2D eigenvalue weighted by Gasteiger charge is 2.30. The van der Waals surface area contributed by atoms with Crippen LogP contribution in [0, 0.1) is 6.92 Å². The molecule has 0 spiro atoms. The maximum absolute atomic E-state index is 6.18. The molecular formula is C19H31N3O2. The molecule has 5 heteroatoms. The van der Waals surface area contributed by atoms with E-state index in [1.807, 2.05) is 13.8 Å². The van der Waals surface area contributed by atoms with Gasteiger partial charge in [-0.2, -0.15) is 0 Å². The monoisotopic (exact) mass is 333 g/mol. The van der Waals surface area contributed by atoms with Gasteiger partial charge in [0.2, 0.25) is 0 Å². The van der Waals surface area contributed by atoms with Crippen molar-refractivity contribution in [3.63, 3.8) is 0 Å². The van der Waals surface area contributed by atoms with Crippen LogP contribution in [-0.4, -0.2) is 50.0 Å². The van der Waals surface area contributed by atoms with E-state index < -0.39 is 0 Å². The van der Waals surface area contributed by atoms with Crippen molar-refractivity contribution in [1.82, 2.24) is 4.90 Å². The Bertz CT molecular complexity index is 556. The zero-order valence-electron chi connectivity index (χ0n) is 15.3. The number of hydrogen-bond donors (Lipinski definition) is 1. The lowest BCUT2D eigenvalue weighted by Crippen LogP contribution is -2.54. The molecular weight excluding hydrogens is 302 g/mol. The summed E-state index contributed by atoms with van der Waals surface area (Å²) in [6.45, 7) is 11.0. The standard InChI is InChI=1S/C19H31N3O2/c1-14(2)24-18-13-17(15(3)12-16(18)20)22-7-5-4-6-19(22)21-8-10-23-11-9-21/h12-14,19H,4-11,20H2,1-3H3. The maximum atomic E-state index is 6.18. The summed E-state index contributed by atoms with van der Waals surface area (Å²) in [4.78, 5) is 5.12. The molecule has 134 valence electrons. The third-order valence-corrected chi connectivity index (χ3v) is 4.94. The van der Waals surface area contributed by atoms with Gasteiger partial charge >= 0.3 is 0 Å². The van der Waals surface area contributed by atoms with Crippen molar-refractivity contribution >= 4 is 11.4 Å². The molecule has 1 aromatic carbocycles. The van der Waals surface area contributed by atoms with Gasteiger partial charge in [-0.1, -0.05) is 0 Å². The summed E-state index contributed by atoms with van der Waals surface area (Å²) in [6, 6.07) is 4.20. The fraction of sp³-hybridized carbons (Fsp3) is 0.684. The van der Waals surface area contributed by atoms with Gasteiger partial charge in [-0.3, -0.25) is 4.90 Å². The molecule has 0 amide bonds. The quantitative estimate of drug-likeness (QED) is 0.859. The highest BCUT2D eigenvalue weighted by Crippen LogP contribution is 2.36. The Hall–Kier alpha value is -1.46. The first-order valence-electron chi connectivity index (χ1n) is 9.21. The van der Waals surface area contributed by atoms with Gasteiger partial charge in [0.15, 0.2) is 0 Å². The van der Waals surface area contributed by atoms with Crippen LogP contribution in [0.25, 0.3) is 0 Å². The number of nitrogens with zero attached hydrogens (tertiary/aromatic N) is 2. The second-order valence-corrected chi connectivity index (χ2v) is 7.16. The molecule has 2 aliphatic rings. The van der Waals surface area contributed by atoms with Gasteiger partial charge in [-0.15, -0.1) is 0 Å². The first kappa shape index (κ1) is 17.4. The lowest BCUT2D eigenvalue weighted by molar-refractivity contribution is 0.0107.